The maximum absolute atomic E-state index is 11.8. The molecule has 0 aliphatic rings. The number of carbonyl (C=O) groups excluding carboxylic acids is 1. The fourth-order valence-corrected chi connectivity index (χ4v) is 1.43. The summed E-state index contributed by atoms with van der Waals surface area (Å²) in [6.07, 6.45) is 1.23. The minimum atomic E-state index is 0. The van der Waals surface area contributed by atoms with Gasteiger partial charge in [-0.3, -0.25) is 4.79 Å². The fraction of sp³-hybridized carbons (Fsp3) is 0.462. The smallest absolute Gasteiger partial charge is 0.226 e. The number of nitrogens with two attached hydrogens (primary N) is 1. The van der Waals surface area contributed by atoms with Crippen molar-refractivity contribution in [3.05, 3.63) is 29.8 Å². The third-order valence-corrected chi connectivity index (χ3v) is 2.61. The fourth-order valence-electron chi connectivity index (χ4n) is 1.43. The summed E-state index contributed by atoms with van der Waals surface area (Å²) in [6.45, 7) is 3.95. The van der Waals surface area contributed by atoms with Crippen LogP contribution in [0.4, 0.5) is 5.69 Å². The largest absolute Gasteiger partial charge is 0.328 e. The molecule has 4 heteroatoms. The van der Waals surface area contributed by atoms with E-state index in [1.54, 1.807) is 11.9 Å². The van der Waals surface area contributed by atoms with Crippen LogP contribution in [-0.4, -0.2) is 19.0 Å². The molecule has 1 rings (SSSR count). The van der Waals surface area contributed by atoms with E-state index in [1.807, 2.05) is 38.1 Å². The van der Waals surface area contributed by atoms with E-state index >= 15 is 0 Å². The van der Waals surface area contributed by atoms with E-state index in [2.05, 4.69) is 0 Å². The first-order valence-electron chi connectivity index (χ1n) is 5.59. The van der Waals surface area contributed by atoms with Crippen molar-refractivity contribution in [2.24, 2.45) is 5.73 Å². The zero-order valence-corrected chi connectivity index (χ0v) is 11.5. The molecule has 0 aliphatic carbocycles. The second kappa shape index (κ2) is 7.30. The third kappa shape index (κ3) is 5.20. The minimum Gasteiger partial charge on any atom is -0.328 e. The molecule has 1 amide bonds. The van der Waals surface area contributed by atoms with Gasteiger partial charge in [0.05, 0.1) is 0 Å². The van der Waals surface area contributed by atoms with Gasteiger partial charge in [-0.05, 0) is 32.4 Å². The molecule has 0 saturated carbocycles. The first-order chi connectivity index (χ1) is 7.50. The summed E-state index contributed by atoms with van der Waals surface area (Å²) < 4.78 is 0. The van der Waals surface area contributed by atoms with Crippen LogP contribution in [0.5, 0.6) is 0 Å². The Morgan fingerprint density at radius 2 is 1.88 bits per heavy atom. The van der Waals surface area contributed by atoms with Crippen LogP contribution in [0.25, 0.3) is 0 Å². The van der Waals surface area contributed by atoms with Gasteiger partial charge < -0.3 is 10.6 Å². The van der Waals surface area contributed by atoms with Crippen molar-refractivity contribution in [1.82, 2.24) is 0 Å². The SMILES string of the molecule is Cc1ccc(N(C)C(=O)CCC(C)N)cc1.Cl. The summed E-state index contributed by atoms with van der Waals surface area (Å²) >= 11 is 0. The number of aryl methyl sites for hydroxylation is 1. The normalized spacial score (nSPS) is 11.5. The lowest BCUT2D eigenvalue weighted by Crippen LogP contribution is -2.28. The lowest BCUT2D eigenvalue weighted by molar-refractivity contribution is -0.118. The van der Waals surface area contributed by atoms with Gasteiger partial charge in [0.1, 0.15) is 0 Å². The molecule has 1 aromatic carbocycles. The first-order valence-corrected chi connectivity index (χ1v) is 5.59. The summed E-state index contributed by atoms with van der Waals surface area (Å²) in [6, 6.07) is 8.00. The topological polar surface area (TPSA) is 46.3 Å². The predicted octanol–water partition coefficient (Wildman–Crippen LogP) is 2.51. The van der Waals surface area contributed by atoms with Crippen LogP contribution < -0.4 is 10.6 Å². The van der Waals surface area contributed by atoms with Gasteiger partial charge in [0.2, 0.25) is 5.91 Å². The molecule has 0 heterocycles. The summed E-state index contributed by atoms with van der Waals surface area (Å²) in [5.41, 5.74) is 7.75. The standard InChI is InChI=1S/C13H20N2O.ClH/c1-10-4-7-12(8-5-10)15(3)13(16)9-6-11(2)14;/h4-5,7-8,11H,6,9,14H2,1-3H3;1H. The third-order valence-electron chi connectivity index (χ3n) is 2.61. The molecule has 1 aromatic rings. The maximum atomic E-state index is 11.8. The van der Waals surface area contributed by atoms with Crippen LogP contribution in [0, 0.1) is 6.92 Å². The monoisotopic (exact) mass is 256 g/mol. The average Bonchev–Trinajstić information content (AvgIpc) is 2.26. The van der Waals surface area contributed by atoms with E-state index < -0.39 is 0 Å². The van der Waals surface area contributed by atoms with Crippen LogP contribution >= 0.6 is 12.4 Å². The molecule has 96 valence electrons. The van der Waals surface area contributed by atoms with Crippen LogP contribution in [0.1, 0.15) is 25.3 Å². The zero-order chi connectivity index (χ0) is 12.1. The van der Waals surface area contributed by atoms with E-state index in [0.717, 1.165) is 12.1 Å². The van der Waals surface area contributed by atoms with Crippen molar-refractivity contribution in [2.45, 2.75) is 32.7 Å². The summed E-state index contributed by atoms with van der Waals surface area (Å²) in [4.78, 5) is 13.5. The first kappa shape index (κ1) is 15.9. The second-order valence-electron chi connectivity index (χ2n) is 4.30. The van der Waals surface area contributed by atoms with Gasteiger partial charge in [0.25, 0.3) is 0 Å². The van der Waals surface area contributed by atoms with Crippen molar-refractivity contribution in [3.8, 4) is 0 Å². The van der Waals surface area contributed by atoms with Crippen molar-refractivity contribution in [2.75, 3.05) is 11.9 Å². The van der Waals surface area contributed by atoms with Crippen LogP contribution in [0.3, 0.4) is 0 Å². The molecular formula is C13H21ClN2O. The molecule has 0 aliphatic heterocycles. The molecule has 2 N–H and O–H groups in total. The number of nitrogens with zero attached hydrogens (tertiary/aromatic N) is 1. The molecule has 1 unspecified atom stereocenters. The Kier molecular flexibility index (Phi) is 6.85. The Morgan fingerprint density at radius 3 is 2.35 bits per heavy atom. The Bertz CT molecular complexity index is 349. The number of hydrogen-bond acceptors (Lipinski definition) is 2. The summed E-state index contributed by atoms with van der Waals surface area (Å²) in [5.74, 6) is 0.112. The molecule has 3 nitrogen and oxygen atoms in total. The van der Waals surface area contributed by atoms with E-state index in [0.29, 0.717) is 6.42 Å². The quantitative estimate of drug-likeness (QED) is 0.900. The van der Waals surface area contributed by atoms with E-state index in [9.17, 15) is 4.79 Å². The minimum absolute atomic E-state index is 0. The number of hydrogen-bond donors (Lipinski definition) is 1. The number of anilines is 1. The van der Waals surface area contributed by atoms with Crippen molar-refractivity contribution >= 4 is 24.0 Å². The molecule has 0 spiro atoms. The lowest BCUT2D eigenvalue weighted by atomic mass is 10.1. The highest BCUT2D eigenvalue weighted by Crippen LogP contribution is 2.14. The number of amides is 1. The van der Waals surface area contributed by atoms with Gasteiger partial charge in [-0.15, -0.1) is 12.4 Å². The number of rotatable bonds is 4. The van der Waals surface area contributed by atoms with E-state index in [-0.39, 0.29) is 24.4 Å². The Labute approximate surface area is 109 Å². The van der Waals surface area contributed by atoms with E-state index in [1.165, 1.54) is 5.56 Å². The highest BCUT2D eigenvalue weighted by Gasteiger charge is 2.10. The molecule has 17 heavy (non-hydrogen) atoms. The Morgan fingerprint density at radius 1 is 1.35 bits per heavy atom. The van der Waals surface area contributed by atoms with Crippen LogP contribution in [0.15, 0.2) is 24.3 Å². The van der Waals surface area contributed by atoms with Gasteiger partial charge in [0.15, 0.2) is 0 Å². The van der Waals surface area contributed by atoms with Gasteiger partial charge in [-0.25, -0.2) is 0 Å². The second-order valence-corrected chi connectivity index (χ2v) is 4.30. The van der Waals surface area contributed by atoms with Gasteiger partial charge in [0, 0.05) is 25.2 Å². The lowest BCUT2D eigenvalue weighted by Gasteiger charge is -2.18. The highest BCUT2D eigenvalue weighted by molar-refractivity contribution is 5.92. The molecule has 0 radical (unpaired) electrons. The van der Waals surface area contributed by atoms with Crippen LogP contribution in [-0.2, 0) is 4.79 Å². The molecule has 0 bridgehead atoms. The maximum Gasteiger partial charge on any atom is 0.226 e. The number of halogens is 1. The molecular weight excluding hydrogens is 236 g/mol. The van der Waals surface area contributed by atoms with Crippen molar-refractivity contribution in [3.63, 3.8) is 0 Å². The average molecular weight is 257 g/mol. The van der Waals surface area contributed by atoms with Crippen molar-refractivity contribution < 1.29 is 4.79 Å². The molecule has 1 atom stereocenters. The van der Waals surface area contributed by atoms with Gasteiger partial charge in [-0.2, -0.15) is 0 Å². The number of benzene rings is 1. The zero-order valence-electron chi connectivity index (χ0n) is 10.6. The van der Waals surface area contributed by atoms with E-state index in [4.69, 9.17) is 5.73 Å². The summed E-state index contributed by atoms with van der Waals surface area (Å²) in [5, 5.41) is 0. The molecule has 0 saturated heterocycles. The van der Waals surface area contributed by atoms with Gasteiger partial charge in [-0.1, -0.05) is 17.7 Å². The summed E-state index contributed by atoms with van der Waals surface area (Å²) in [7, 11) is 1.80. The number of carbonyl (C=O) groups is 1. The van der Waals surface area contributed by atoms with Crippen molar-refractivity contribution in [1.29, 1.82) is 0 Å². The molecule has 0 aromatic heterocycles. The Hall–Kier alpha value is -1.06. The predicted molar refractivity (Wildman–Crippen MR) is 74.7 cm³/mol. The van der Waals surface area contributed by atoms with Gasteiger partial charge >= 0.3 is 0 Å². The van der Waals surface area contributed by atoms with Crippen LogP contribution in [0.2, 0.25) is 0 Å². The molecule has 0 fully saturated rings. The Balaban J connectivity index is 0.00000256. The highest BCUT2D eigenvalue weighted by atomic mass is 35.5.